The zero-order chi connectivity index (χ0) is 25.2. The summed E-state index contributed by atoms with van der Waals surface area (Å²) in [6.07, 6.45) is -5.19. The van der Waals surface area contributed by atoms with E-state index < -0.39 is 52.3 Å². The van der Waals surface area contributed by atoms with Gasteiger partial charge in [0, 0.05) is 18.1 Å². The quantitative estimate of drug-likeness (QED) is 0.385. The van der Waals surface area contributed by atoms with Crippen LogP contribution in [0.3, 0.4) is 0 Å². The summed E-state index contributed by atoms with van der Waals surface area (Å²) >= 11 is 0.992. The van der Waals surface area contributed by atoms with Crippen LogP contribution < -0.4 is 14.8 Å². The van der Waals surface area contributed by atoms with Crippen molar-refractivity contribution in [2.24, 2.45) is 0 Å². The first-order valence-electron chi connectivity index (χ1n) is 9.84. The molecule has 184 valence electrons. The number of fused-ring (bicyclic) bond motifs is 1. The second kappa shape index (κ2) is 10.0. The lowest BCUT2D eigenvalue weighted by atomic mass is 10.0. The fourth-order valence-corrected chi connectivity index (χ4v) is 4.91. The summed E-state index contributed by atoms with van der Waals surface area (Å²) in [5, 5.41) is 4.05. The molecule has 1 aliphatic heterocycles. The Bertz CT molecular complexity index is 1200. The second-order valence-corrected chi connectivity index (χ2v) is 9.06. The van der Waals surface area contributed by atoms with Crippen molar-refractivity contribution in [1.82, 2.24) is 4.90 Å². The lowest BCUT2D eigenvalue weighted by Gasteiger charge is -2.27. The first-order valence-corrected chi connectivity index (χ1v) is 12.1. The van der Waals surface area contributed by atoms with Crippen molar-refractivity contribution in [2.75, 3.05) is 17.7 Å². The molecule has 0 bridgehead atoms. The van der Waals surface area contributed by atoms with Crippen LogP contribution in [0.4, 0.5) is 18.2 Å². The van der Waals surface area contributed by atoms with Gasteiger partial charge in [-0.3, -0.25) is 19.3 Å². The van der Waals surface area contributed by atoms with Crippen molar-refractivity contribution < 1.29 is 45.4 Å². The molecule has 1 aromatic heterocycles. The van der Waals surface area contributed by atoms with Crippen LogP contribution >= 0.6 is 11.3 Å². The zero-order valence-electron chi connectivity index (χ0n) is 17.8. The molecule has 0 saturated heterocycles. The standard InChI is InChI=1S/C20H19F3N2O7S2/c1-3-31-15-8-11(4-5-14(15)32-20(21,22)23)13(6-7-34(29)30)25-18(27)12-9-33-17(24-10(2)26)16(12)19(25)28/h4-5,8-9,13,34H,3,6-7H2,1-2H3,(H,24,26)/t13-/m0/s1. The van der Waals surface area contributed by atoms with Crippen molar-refractivity contribution in [3.8, 4) is 11.5 Å². The number of imide groups is 1. The molecule has 14 heteroatoms. The van der Waals surface area contributed by atoms with E-state index >= 15 is 0 Å². The summed E-state index contributed by atoms with van der Waals surface area (Å²) in [7, 11) is -2.88. The number of carbonyl (C=O) groups is 3. The maximum absolute atomic E-state index is 13.2. The summed E-state index contributed by atoms with van der Waals surface area (Å²) in [6, 6.07) is 2.22. The predicted molar refractivity (Wildman–Crippen MR) is 116 cm³/mol. The number of alkyl halides is 3. The Morgan fingerprint density at radius 3 is 2.50 bits per heavy atom. The number of hydrogen-bond acceptors (Lipinski definition) is 8. The average molecular weight is 521 g/mol. The van der Waals surface area contributed by atoms with E-state index in [0.717, 1.165) is 22.3 Å². The van der Waals surface area contributed by atoms with E-state index in [2.05, 4.69) is 10.1 Å². The minimum absolute atomic E-state index is 0.00654. The van der Waals surface area contributed by atoms with E-state index in [-0.39, 0.29) is 40.5 Å². The number of thiol groups is 1. The van der Waals surface area contributed by atoms with E-state index in [1.807, 2.05) is 0 Å². The third-order valence-electron chi connectivity index (χ3n) is 4.74. The summed E-state index contributed by atoms with van der Waals surface area (Å²) in [5.74, 6) is -3.24. The molecule has 3 rings (SSSR count). The Kier molecular flexibility index (Phi) is 7.51. The third kappa shape index (κ3) is 5.50. The summed E-state index contributed by atoms with van der Waals surface area (Å²) < 4.78 is 70.0. The van der Waals surface area contributed by atoms with Gasteiger partial charge in [-0.25, -0.2) is 8.42 Å². The van der Waals surface area contributed by atoms with Crippen molar-refractivity contribution in [2.45, 2.75) is 32.7 Å². The largest absolute Gasteiger partial charge is 0.573 e. The van der Waals surface area contributed by atoms with Gasteiger partial charge >= 0.3 is 6.36 Å². The molecule has 1 aromatic carbocycles. The normalized spacial score (nSPS) is 14.4. The van der Waals surface area contributed by atoms with E-state index in [9.17, 15) is 36.0 Å². The molecule has 0 fully saturated rings. The van der Waals surface area contributed by atoms with Gasteiger partial charge in [0.25, 0.3) is 11.8 Å². The molecular weight excluding hydrogens is 501 g/mol. The number of rotatable bonds is 9. The van der Waals surface area contributed by atoms with Crippen LogP contribution in [0.1, 0.15) is 52.6 Å². The van der Waals surface area contributed by atoms with Gasteiger partial charge < -0.3 is 14.8 Å². The molecule has 1 atom stereocenters. The van der Waals surface area contributed by atoms with Gasteiger partial charge in [-0.2, -0.15) is 0 Å². The molecule has 0 aliphatic carbocycles. The summed E-state index contributed by atoms with van der Waals surface area (Å²) in [6.45, 7) is 2.77. The summed E-state index contributed by atoms with van der Waals surface area (Å²) in [5.41, 5.74) is 0.188. The number of amides is 3. The Hall–Kier alpha value is -3.13. The van der Waals surface area contributed by atoms with Crippen LogP contribution in [0.5, 0.6) is 11.5 Å². The lowest BCUT2D eigenvalue weighted by molar-refractivity contribution is -0.275. The van der Waals surface area contributed by atoms with E-state index in [1.165, 1.54) is 24.4 Å². The Balaban J connectivity index is 2.05. The van der Waals surface area contributed by atoms with Gasteiger partial charge in [0.15, 0.2) is 11.5 Å². The van der Waals surface area contributed by atoms with Gasteiger partial charge in [-0.1, -0.05) is 6.07 Å². The van der Waals surface area contributed by atoms with Crippen LogP contribution in [0.2, 0.25) is 0 Å². The minimum Gasteiger partial charge on any atom is -0.490 e. The molecular formula is C20H19F3N2O7S2. The lowest BCUT2D eigenvalue weighted by Crippen LogP contribution is -2.35. The molecule has 0 spiro atoms. The van der Waals surface area contributed by atoms with E-state index in [4.69, 9.17) is 4.74 Å². The minimum atomic E-state index is -4.98. The van der Waals surface area contributed by atoms with Crippen molar-refractivity contribution in [3.63, 3.8) is 0 Å². The van der Waals surface area contributed by atoms with Crippen LogP contribution in [0, 0.1) is 0 Å². The average Bonchev–Trinajstić information content (AvgIpc) is 3.23. The fraction of sp³-hybridized carbons (Fsp3) is 0.350. The fourth-order valence-electron chi connectivity index (χ4n) is 3.49. The summed E-state index contributed by atoms with van der Waals surface area (Å²) in [4.78, 5) is 38.6. The SMILES string of the molecule is CCOc1cc([C@H](CC[SH](=O)=O)N2C(=O)c3csc(NC(C)=O)c3C2=O)ccc1OC(F)(F)F. The second-order valence-electron chi connectivity index (χ2n) is 7.06. The highest BCUT2D eigenvalue weighted by atomic mass is 32.2. The molecule has 2 heterocycles. The third-order valence-corrected chi connectivity index (χ3v) is 6.26. The van der Waals surface area contributed by atoms with Gasteiger partial charge in [-0.05, 0) is 31.0 Å². The van der Waals surface area contributed by atoms with E-state index in [0.29, 0.717) is 0 Å². The first kappa shape index (κ1) is 25.5. The predicted octanol–water partition coefficient (Wildman–Crippen LogP) is 3.34. The number of hydrogen-bond donors (Lipinski definition) is 2. The van der Waals surface area contributed by atoms with Gasteiger partial charge in [0.1, 0.15) is 15.7 Å². The Morgan fingerprint density at radius 1 is 1.21 bits per heavy atom. The van der Waals surface area contributed by atoms with Gasteiger partial charge in [-0.15, -0.1) is 24.5 Å². The van der Waals surface area contributed by atoms with Crippen LogP contribution in [0.15, 0.2) is 23.6 Å². The van der Waals surface area contributed by atoms with Crippen LogP contribution in [-0.2, 0) is 15.5 Å². The maximum atomic E-state index is 13.2. The molecule has 3 amide bonds. The first-order chi connectivity index (χ1) is 15.9. The smallest absolute Gasteiger partial charge is 0.490 e. The number of nitrogens with one attached hydrogen (secondary N) is 1. The van der Waals surface area contributed by atoms with Crippen molar-refractivity contribution >= 4 is 44.8 Å². The molecule has 0 unspecified atom stereocenters. The van der Waals surface area contributed by atoms with Gasteiger partial charge in [0.05, 0.1) is 23.8 Å². The number of benzene rings is 1. The highest BCUT2D eigenvalue weighted by Crippen LogP contribution is 2.42. The molecule has 0 saturated carbocycles. The van der Waals surface area contributed by atoms with Crippen LogP contribution in [0.25, 0.3) is 0 Å². The molecule has 9 nitrogen and oxygen atoms in total. The number of carbonyl (C=O) groups excluding carboxylic acids is 3. The monoisotopic (exact) mass is 520 g/mol. The number of halogens is 3. The van der Waals surface area contributed by atoms with Crippen molar-refractivity contribution in [1.29, 1.82) is 0 Å². The molecule has 34 heavy (non-hydrogen) atoms. The molecule has 1 N–H and O–H groups in total. The zero-order valence-corrected chi connectivity index (χ0v) is 19.5. The molecule has 0 radical (unpaired) electrons. The maximum Gasteiger partial charge on any atom is 0.573 e. The van der Waals surface area contributed by atoms with Crippen LogP contribution in [-0.4, -0.2) is 49.8 Å². The molecule has 2 aromatic rings. The number of ether oxygens (including phenoxy) is 2. The van der Waals surface area contributed by atoms with Gasteiger partial charge in [0.2, 0.25) is 5.91 Å². The topological polar surface area (TPSA) is 119 Å². The Labute approximate surface area is 197 Å². The number of anilines is 1. The van der Waals surface area contributed by atoms with E-state index in [1.54, 1.807) is 6.92 Å². The number of nitrogens with zero attached hydrogens (tertiary/aromatic N) is 1. The Morgan fingerprint density at radius 2 is 1.91 bits per heavy atom. The highest BCUT2D eigenvalue weighted by molar-refractivity contribution is 7.72. The number of thiophene rings is 1. The highest BCUT2D eigenvalue weighted by Gasteiger charge is 2.43. The molecule has 1 aliphatic rings. The van der Waals surface area contributed by atoms with Crippen molar-refractivity contribution in [3.05, 3.63) is 40.3 Å².